The highest BCUT2D eigenvalue weighted by molar-refractivity contribution is 6.04. The first-order valence-corrected chi connectivity index (χ1v) is 12.2. The Balaban J connectivity index is 1.33. The first kappa shape index (κ1) is 24.4. The van der Waals surface area contributed by atoms with Crippen molar-refractivity contribution in [2.45, 2.75) is 20.1 Å². The molecule has 2 saturated heterocycles. The number of rotatable bonds is 7. The van der Waals surface area contributed by atoms with Gasteiger partial charge in [-0.05, 0) is 37.6 Å². The second kappa shape index (κ2) is 10.8. The molecule has 0 bridgehead atoms. The molecule has 11 nitrogen and oxygen atoms in total. The topological polar surface area (TPSA) is 125 Å². The molecule has 4 heterocycles. The van der Waals surface area contributed by atoms with Crippen molar-refractivity contribution < 1.29 is 24.1 Å². The molecule has 2 fully saturated rings. The summed E-state index contributed by atoms with van der Waals surface area (Å²) in [6.07, 6.45) is -0.779. The van der Waals surface area contributed by atoms with Crippen molar-refractivity contribution in [2.24, 2.45) is 0 Å². The molecule has 1 unspecified atom stereocenters. The zero-order valence-electron chi connectivity index (χ0n) is 20.6. The summed E-state index contributed by atoms with van der Waals surface area (Å²) in [5, 5.41) is 13.7. The number of aliphatic hydroxyl groups excluding tert-OH is 1. The van der Waals surface area contributed by atoms with Gasteiger partial charge in [0.15, 0.2) is 6.29 Å². The number of carbonyl (C=O) groups excluding carboxylic acids is 1. The van der Waals surface area contributed by atoms with Gasteiger partial charge in [-0.1, -0.05) is 0 Å². The number of nitrogens with zero attached hydrogens (tertiary/aromatic N) is 4. The molecular formula is C25H32N6O5. The molecule has 1 aromatic carbocycles. The van der Waals surface area contributed by atoms with Crippen LogP contribution in [0.5, 0.6) is 5.88 Å². The standard InChI is InChI=1S/C25H32N6O5/c1-16-17(2)26-20-4-3-18(13-19(16)20)27-24(33)21-14-22(29-25(28-21)31-7-9-34-10-8-31)35-11-5-30-6-12-36-23(32)15-30/h3-4,13-14,23,26,32H,5-12,15H2,1-2H3,(H,27,33). The van der Waals surface area contributed by atoms with E-state index in [1.54, 1.807) is 6.07 Å². The van der Waals surface area contributed by atoms with Gasteiger partial charge >= 0.3 is 0 Å². The molecule has 36 heavy (non-hydrogen) atoms. The molecule has 3 aromatic rings. The number of fused-ring (bicyclic) bond motifs is 1. The minimum atomic E-state index is -0.779. The summed E-state index contributed by atoms with van der Waals surface area (Å²) in [4.78, 5) is 29.7. The number of morpholine rings is 2. The SMILES string of the molecule is Cc1[nH]c2ccc(NC(=O)c3cc(OCCN4CCOC(O)C4)nc(N4CCOCC4)n3)cc2c1C. The minimum absolute atomic E-state index is 0.227. The van der Waals surface area contributed by atoms with Crippen molar-refractivity contribution in [2.75, 3.05) is 69.4 Å². The summed E-state index contributed by atoms with van der Waals surface area (Å²) in [6, 6.07) is 7.36. The Labute approximate surface area is 209 Å². The number of β-amino-alcohol motifs (C(OH)–C–C–N with tert-alkyl or cyclic N) is 1. The van der Waals surface area contributed by atoms with Crippen LogP contribution in [0.25, 0.3) is 10.9 Å². The summed E-state index contributed by atoms with van der Waals surface area (Å²) in [5.74, 6) is 0.436. The Hall–Kier alpha value is -3.25. The van der Waals surface area contributed by atoms with E-state index in [0.717, 1.165) is 28.7 Å². The van der Waals surface area contributed by atoms with Crippen LogP contribution in [0.15, 0.2) is 24.3 Å². The zero-order chi connectivity index (χ0) is 25.1. The highest BCUT2D eigenvalue weighted by atomic mass is 16.6. The molecular weight excluding hydrogens is 464 g/mol. The Morgan fingerprint density at radius 1 is 1.19 bits per heavy atom. The lowest BCUT2D eigenvalue weighted by Crippen LogP contribution is -2.43. The molecule has 0 spiro atoms. The number of anilines is 2. The number of carbonyl (C=O) groups is 1. The van der Waals surface area contributed by atoms with E-state index in [4.69, 9.17) is 14.2 Å². The average molecular weight is 497 g/mol. The van der Waals surface area contributed by atoms with Gasteiger partial charge in [0.1, 0.15) is 12.3 Å². The van der Waals surface area contributed by atoms with Gasteiger partial charge in [-0.2, -0.15) is 4.98 Å². The third-order valence-electron chi connectivity index (χ3n) is 6.57. The lowest BCUT2D eigenvalue weighted by Gasteiger charge is -2.30. The number of hydrogen-bond donors (Lipinski definition) is 3. The number of H-pyrrole nitrogens is 1. The highest BCUT2D eigenvalue weighted by Crippen LogP contribution is 2.25. The van der Waals surface area contributed by atoms with Gasteiger partial charge in [0.05, 0.1) is 19.8 Å². The quantitative estimate of drug-likeness (QED) is 0.448. The molecule has 0 saturated carbocycles. The van der Waals surface area contributed by atoms with Crippen LogP contribution in [0.2, 0.25) is 0 Å². The first-order valence-electron chi connectivity index (χ1n) is 12.2. The van der Waals surface area contributed by atoms with E-state index in [-0.39, 0.29) is 11.6 Å². The Morgan fingerprint density at radius 3 is 2.83 bits per heavy atom. The number of ether oxygens (including phenoxy) is 3. The van der Waals surface area contributed by atoms with Crippen molar-refractivity contribution in [3.63, 3.8) is 0 Å². The maximum atomic E-state index is 13.2. The number of nitrogens with one attached hydrogen (secondary N) is 2. The number of aliphatic hydroxyl groups is 1. The number of aromatic nitrogens is 3. The van der Waals surface area contributed by atoms with Gasteiger partial charge in [-0.3, -0.25) is 9.69 Å². The molecule has 3 N–H and O–H groups in total. The monoisotopic (exact) mass is 496 g/mol. The Morgan fingerprint density at radius 2 is 2.03 bits per heavy atom. The molecule has 11 heteroatoms. The molecule has 2 aliphatic rings. The first-order chi connectivity index (χ1) is 17.5. The number of aryl methyl sites for hydroxylation is 2. The van der Waals surface area contributed by atoms with E-state index in [1.165, 1.54) is 0 Å². The summed E-state index contributed by atoms with van der Waals surface area (Å²) in [6.45, 7) is 9.11. The summed E-state index contributed by atoms with van der Waals surface area (Å²) in [5.41, 5.74) is 4.21. The number of hydrogen-bond acceptors (Lipinski definition) is 9. The number of benzene rings is 1. The largest absolute Gasteiger partial charge is 0.476 e. The van der Waals surface area contributed by atoms with Crippen LogP contribution in [0.1, 0.15) is 21.7 Å². The third kappa shape index (κ3) is 5.59. The smallest absolute Gasteiger partial charge is 0.274 e. The van der Waals surface area contributed by atoms with Crippen LogP contribution in [0.4, 0.5) is 11.6 Å². The molecule has 2 aliphatic heterocycles. The summed E-state index contributed by atoms with van der Waals surface area (Å²) < 4.78 is 16.6. The molecule has 2 aromatic heterocycles. The van der Waals surface area contributed by atoms with E-state index in [9.17, 15) is 9.90 Å². The van der Waals surface area contributed by atoms with Crippen LogP contribution in [-0.2, 0) is 9.47 Å². The van der Waals surface area contributed by atoms with E-state index < -0.39 is 6.29 Å². The lowest BCUT2D eigenvalue weighted by atomic mass is 10.1. The molecule has 0 aliphatic carbocycles. The van der Waals surface area contributed by atoms with E-state index in [2.05, 4.69) is 32.1 Å². The van der Waals surface area contributed by atoms with Gasteiger partial charge < -0.3 is 34.5 Å². The minimum Gasteiger partial charge on any atom is -0.476 e. The maximum Gasteiger partial charge on any atom is 0.274 e. The van der Waals surface area contributed by atoms with E-state index in [0.29, 0.717) is 70.1 Å². The number of amides is 1. The van der Waals surface area contributed by atoms with Gasteiger partial charge in [0.2, 0.25) is 11.8 Å². The van der Waals surface area contributed by atoms with E-state index in [1.807, 2.05) is 30.0 Å². The van der Waals surface area contributed by atoms with Crippen LogP contribution in [0.3, 0.4) is 0 Å². The Kier molecular flexibility index (Phi) is 7.33. The second-order valence-electron chi connectivity index (χ2n) is 9.05. The average Bonchev–Trinajstić information content (AvgIpc) is 3.17. The molecule has 1 amide bonds. The molecule has 5 rings (SSSR count). The fourth-order valence-corrected chi connectivity index (χ4v) is 4.41. The van der Waals surface area contributed by atoms with Gasteiger partial charge in [-0.15, -0.1) is 0 Å². The molecule has 1 atom stereocenters. The van der Waals surface area contributed by atoms with Crippen molar-refractivity contribution in [3.8, 4) is 5.88 Å². The lowest BCUT2D eigenvalue weighted by molar-refractivity contribution is -0.146. The molecule has 0 radical (unpaired) electrons. The van der Waals surface area contributed by atoms with Crippen LogP contribution >= 0.6 is 0 Å². The van der Waals surface area contributed by atoms with E-state index >= 15 is 0 Å². The van der Waals surface area contributed by atoms with Gasteiger partial charge in [0, 0.05) is 61.1 Å². The van der Waals surface area contributed by atoms with Crippen molar-refractivity contribution in [1.29, 1.82) is 0 Å². The maximum absolute atomic E-state index is 13.2. The highest BCUT2D eigenvalue weighted by Gasteiger charge is 2.21. The van der Waals surface area contributed by atoms with Crippen molar-refractivity contribution >= 4 is 28.4 Å². The normalized spacial score (nSPS) is 19.0. The number of aromatic amines is 1. The summed E-state index contributed by atoms with van der Waals surface area (Å²) in [7, 11) is 0. The van der Waals surface area contributed by atoms with Crippen molar-refractivity contribution in [1.82, 2.24) is 19.9 Å². The zero-order valence-corrected chi connectivity index (χ0v) is 20.6. The Bertz CT molecular complexity index is 1230. The third-order valence-corrected chi connectivity index (χ3v) is 6.57. The van der Waals surface area contributed by atoms with Crippen LogP contribution in [0, 0.1) is 13.8 Å². The predicted molar refractivity (Wildman–Crippen MR) is 135 cm³/mol. The fraction of sp³-hybridized carbons (Fsp3) is 0.480. The molecule has 192 valence electrons. The van der Waals surface area contributed by atoms with Gasteiger partial charge in [-0.25, -0.2) is 4.98 Å². The predicted octanol–water partition coefficient (Wildman–Crippen LogP) is 1.69. The fourth-order valence-electron chi connectivity index (χ4n) is 4.41. The van der Waals surface area contributed by atoms with Gasteiger partial charge in [0.25, 0.3) is 5.91 Å². The van der Waals surface area contributed by atoms with Crippen LogP contribution in [-0.4, -0.2) is 96.3 Å². The van der Waals surface area contributed by atoms with Crippen molar-refractivity contribution in [3.05, 3.63) is 41.2 Å². The van der Waals surface area contributed by atoms with Crippen LogP contribution < -0.4 is 15.0 Å². The summed E-state index contributed by atoms with van der Waals surface area (Å²) >= 11 is 0. The second-order valence-corrected chi connectivity index (χ2v) is 9.05.